The lowest BCUT2D eigenvalue weighted by Gasteiger charge is -2.01. The number of hydrogen-bond donors (Lipinski definition) is 0. The molecule has 0 aromatic heterocycles. The smallest absolute Gasteiger partial charge is 0.258 e. The average molecular weight is 351 g/mol. The van der Waals surface area contributed by atoms with Crippen LogP contribution in [-0.4, -0.2) is 4.92 Å². The normalized spacial score (nSPS) is 11.3. The number of hydrogen-bond acceptors (Lipinski definition) is 2. The van der Waals surface area contributed by atoms with E-state index in [1.807, 2.05) is 30.3 Å². The molecule has 2 rings (SSSR count). The van der Waals surface area contributed by atoms with Gasteiger partial charge < -0.3 is 0 Å². The predicted molar refractivity (Wildman–Crippen MR) is 80.5 cm³/mol. The highest BCUT2D eigenvalue weighted by Gasteiger charge is 2.14. The van der Waals surface area contributed by atoms with E-state index >= 15 is 0 Å². The number of halogens is 1. The average Bonchev–Trinajstić information content (AvgIpc) is 2.38. The zero-order valence-electron chi connectivity index (χ0n) is 9.42. The summed E-state index contributed by atoms with van der Waals surface area (Å²) in [5, 5.41) is 11.2. The largest absolute Gasteiger partial charge is 0.277 e. The van der Waals surface area contributed by atoms with Gasteiger partial charge in [-0.05, 0) is 46.4 Å². The van der Waals surface area contributed by atoms with Crippen LogP contribution in [0.1, 0.15) is 11.1 Å². The topological polar surface area (TPSA) is 43.1 Å². The molecule has 0 amide bonds. The summed E-state index contributed by atoms with van der Waals surface area (Å²) in [6.45, 7) is 0. The van der Waals surface area contributed by atoms with Crippen molar-refractivity contribution in [1.82, 2.24) is 0 Å². The lowest BCUT2D eigenvalue weighted by molar-refractivity contribution is -0.374. The summed E-state index contributed by atoms with van der Waals surface area (Å²) in [5.41, 5.74) is 1.58. The van der Waals surface area contributed by atoms with Gasteiger partial charge in [-0.1, -0.05) is 36.4 Å². The van der Waals surface area contributed by atoms with Gasteiger partial charge in [-0.2, -0.15) is 0 Å². The molecule has 0 aliphatic carbocycles. The molecule has 0 aliphatic rings. The SMILES string of the molecule is O=[N+]([O-])/C(=C/c1ccccc1I)c1ccccc1. The minimum Gasteiger partial charge on any atom is -0.258 e. The van der Waals surface area contributed by atoms with Crippen molar-refractivity contribution in [2.75, 3.05) is 0 Å². The molecule has 0 fully saturated rings. The van der Waals surface area contributed by atoms with Gasteiger partial charge in [0.15, 0.2) is 0 Å². The van der Waals surface area contributed by atoms with E-state index < -0.39 is 0 Å². The molecule has 2 aromatic carbocycles. The summed E-state index contributed by atoms with van der Waals surface area (Å²) in [6.07, 6.45) is 1.61. The van der Waals surface area contributed by atoms with Crippen molar-refractivity contribution in [3.63, 3.8) is 0 Å². The fourth-order valence-corrected chi connectivity index (χ4v) is 2.13. The zero-order chi connectivity index (χ0) is 13.0. The summed E-state index contributed by atoms with van der Waals surface area (Å²) in [7, 11) is 0. The molecule has 0 bridgehead atoms. The van der Waals surface area contributed by atoms with Crippen molar-refractivity contribution in [1.29, 1.82) is 0 Å². The molecule has 4 heteroatoms. The molecule has 0 heterocycles. The monoisotopic (exact) mass is 351 g/mol. The van der Waals surface area contributed by atoms with Crippen molar-refractivity contribution >= 4 is 34.4 Å². The van der Waals surface area contributed by atoms with Gasteiger partial charge in [0, 0.05) is 9.65 Å². The van der Waals surface area contributed by atoms with Crippen LogP contribution in [0.2, 0.25) is 0 Å². The fourth-order valence-electron chi connectivity index (χ4n) is 1.59. The first-order valence-electron chi connectivity index (χ1n) is 5.34. The Bertz CT molecular complexity index is 594. The van der Waals surface area contributed by atoms with Gasteiger partial charge in [-0.25, -0.2) is 0 Å². The van der Waals surface area contributed by atoms with Crippen LogP contribution >= 0.6 is 22.6 Å². The van der Waals surface area contributed by atoms with Crippen LogP contribution in [-0.2, 0) is 0 Å². The van der Waals surface area contributed by atoms with Crippen LogP contribution in [0, 0.1) is 13.7 Å². The van der Waals surface area contributed by atoms with Crippen LogP contribution in [0.4, 0.5) is 0 Å². The van der Waals surface area contributed by atoms with E-state index in [1.54, 1.807) is 30.3 Å². The van der Waals surface area contributed by atoms with Crippen LogP contribution in [0.3, 0.4) is 0 Å². The summed E-state index contributed by atoms with van der Waals surface area (Å²) >= 11 is 2.17. The van der Waals surface area contributed by atoms with E-state index in [2.05, 4.69) is 22.6 Å². The zero-order valence-corrected chi connectivity index (χ0v) is 11.6. The molecule has 0 saturated carbocycles. The predicted octanol–water partition coefficient (Wildman–Crippen LogP) is 4.07. The fraction of sp³-hybridized carbons (Fsp3) is 0. The van der Waals surface area contributed by atoms with Gasteiger partial charge >= 0.3 is 0 Å². The first-order valence-corrected chi connectivity index (χ1v) is 6.42. The Hall–Kier alpha value is -1.69. The first-order chi connectivity index (χ1) is 8.68. The Morgan fingerprint density at radius 2 is 1.67 bits per heavy atom. The highest BCUT2D eigenvalue weighted by molar-refractivity contribution is 14.1. The van der Waals surface area contributed by atoms with Gasteiger partial charge in [-0.3, -0.25) is 10.1 Å². The highest BCUT2D eigenvalue weighted by Crippen LogP contribution is 2.21. The first kappa shape index (κ1) is 12.8. The third-order valence-corrected chi connectivity index (χ3v) is 3.45. The third kappa shape index (κ3) is 2.95. The lowest BCUT2D eigenvalue weighted by Crippen LogP contribution is -1.98. The van der Waals surface area contributed by atoms with Crippen molar-refractivity contribution < 1.29 is 4.92 Å². The quantitative estimate of drug-likeness (QED) is 0.362. The maximum atomic E-state index is 11.2. The second kappa shape index (κ2) is 5.77. The maximum absolute atomic E-state index is 11.2. The van der Waals surface area contributed by atoms with Crippen LogP contribution in [0.5, 0.6) is 0 Å². The Kier molecular flexibility index (Phi) is 4.09. The van der Waals surface area contributed by atoms with Crippen LogP contribution in [0.15, 0.2) is 54.6 Å². The molecule has 0 spiro atoms. The van der Waals surface area contributed by atoms with Crippen LogP contribution in [0.25, 0.3) is 11.8 Å². The van der Waals surface area contributed by atoms with E-state index in [1.165, 1.54) is 0 Å². The number of nitrogens with zero attached hydrogens (tertiary/aromatic N) is 1. The Balaban J connectivity index is 2.50. The van der Waals surface area contributed by atoms with Gasteiger partial charge in [0.05, 0.1) is 10.5 Å². The van der Waals surface area contributed by atoms with Gasteiger partial charge in [-0.15, -0.1) is 0 Å². The van der Waals surface area contributed by atoms with Crippen molar-refractivity contribution in [3.8, 4) is 0 Å². The van der Waals surface area contributed by atoms with Gasteiger partial charge in [0.2, 0.25) is 0 Å². The number of nitro groups is 1. The molecule has 0 aliphatic heterocycles. The Morgan fingerprint density at radius 1 is 1.06 bits per heavy atom. The molecule has 2 aromatic rings. The van der Waals surface area contributed by atoms with E-state index in [-0.39, 0.29) is 10.6 Å². The van der Waals surface area contributed by atoms with Crippen molar-refractivity contribution in [2.24, 2.45) is 0 Å². The molecule has 0 saturated heterocycles. The molecule has 0 radical (unpaired) electrons. The molecule has 3 nitrogen and oxygen atoms in total. The highest BCUT2D eigenvalue weighted by atomic mass is 127. The van der Waals surface area contributed by atoms with Crippen molar-refractivity contribution in [2.45, 2.75) is 0 Å². The van der Waals surface area contributed by atoms with Crippen molar-refractivity contribution in [3.05, 3.63) is 79.4 Å². The third-order valence-electron chi connectivity index (χ3n) is 2.46. The summed E-state index contributed by atoms with van der Waals surface area (Å²) in [4.78, 5) is 10.8. The standard InChI is InChI=1S/C14H10INO2/c15-13-9-5-4-8-12(13)10-14(16(17)18)11-6-2-1-3-7-11/h1-10H/b14-10+. The summed E-state index contributed by atoms with van der Waals surface area (Å²) in [5.74, 6) is 0. The second-order valence-electron chi connectivity index (χ2n) is 3.67. The van der Waals surface area contributed by atoms with E-state index in [0.717, 1.165) is 9.13 Å². The summed E-state index contributed by atoms with van der Waals surface area (Å²) in [6, 6.07) is 16.5. The van der Waals surface area contributed by atoms with E-state index in [0.29, 0.717) is 5.56 Å². The van der Waals surface area contributed by atoms with Gasteiger partial charge in [0.1, 0.15) is 0 Å². The molecular weight excluding hydrogens is 341 g/mol. The second-order valence-corrected chi connectivity index (χ2v) is 4.84. The summed E-state index contributed by atoms with van der Waals surface area (Å²) < 4.78 is 0.991. The number of benzene rings is 2. The molecule has 0 atom stereocenters. The number of rotatable bonds is 3. The lowest BCUT2D eigenvalue weighted by atomic mass is 10.1. The molecule has 90 valence electrons. The Labute approximate surface area is 118 Å². The molecule has 0 unspecified atom stereocenters. The molecule has 0 N–H and O–H groups in total. The molecule has 18 heavy (non-hydrogen) atoms. The van der Waals surface area contributed by atoms with E-state index in [9.17, 15) is 10.1 Å². The van der Waals surface area contributed by atoms with Gasteiger partial charge in [0.25, 0.3) is 5.70 Å². The minimum absolute atomic E-state index is 0.111. The minimum atomic E-state index is -0.349. The van der Waals surface area contributed by atoms with E-state index in [4.69, 9.17) is 0 Å². The Morgan fingerprint density at radius 3 is 2.28 bits per heavy atom. The van der Waals surface area contributed by atoms with Crippen LogP contribution < -0.4 is 0 Å². The maximum Gasteiger partial charge on any atom is 0.277 e. The molecular formula is C14H10INO2.